The van der Waals surface area contributed by atoms with Gasteiger partial charge in [0.2, 0.25) is 0 Å². The Morgan fingerprint density at radius 2 is 1.39 bits per heavy atom. The second-order valence-corrected chi connectivity index (χ2v) is 7.57. The second kappa shape index (κ2) is 10.5. The molecular formula is C25H17F9O2. The van der Waals surface area contributed by atoms with Crippen molar-refractivity contribution < 1.29 is 49.0 Å². The van der Waals surface area contributed by atoms with Crippen molar-refractivity contribution in [1.82, 2.24) is 0 Å². The van der Waals surface area contributed by atoms with E-state index in [1.807, 2.05) is 6.92 Å². The Morgan fingerprint density at radius 3 is 1.92 bits per heavy atom. The maximum Gasteiger partial charge on any atom is 0.432 e. The average molecular weight is 520 g/mol. The van der Waals surface area contributed by atoms with Gasteiger partial charge in [-0.15, -0.1) is 0 Å². The van der Waals surface area contributed by atoms with Gasteiger partial charge in [-0.2, -0.15) is 26.3 Å². The van der Waals surface area contributed by atoms with Crippen molar-refractivity contribution >= 4 is 0 Å². The number of hydrogen-bond acceptors (Lipinski definition) is 2. The van der Waals surface area contributed by atoms with Crippen LogP contribution in [0.2, 0.25) is 0 Å². The van der Waals surface area contributed by atoms with Gasteiger partial charge >= 0.3 is 12.2 Å². The lowest BCUT2D eigenvalue weighted by atomic mass is 10.00. The highest BCUT2D eigenvalue weighted by molar-refractivity contribution is 5.64. The standard InChI is InChI=1S/C25H17F9O2/c1-2-3-14-4-6-15(7-5-14)16-10-19(27)23(20(28)11-16)25(33,34)35-17-8-9-21(18(26)12-17)36-24(31,32)13-22(29)30/h4-13H,2-3H2,1H3. The first-order chi connectivity index (χ1) is 16.8. The van der Waals surface area contributed by atoms with E-state index in [0.717, 1.165) is 18.4 Å². The van der Waals surface area contributed by atoms with Crippen molar-refractivity contribution in [2.45, 2.75) is 32.0 Å². The Labute approximate surface area is 199 Å². The van der Waals surface area contributed by atoms with Crippen LogP contribution in [-0.4, -0.2) is 6.11 Å². The first-order valence-corrected chi connectivity index (χ1v) is 10.4. The van der Waals surface area contributed by atoms with E-state index in [9.17, 15) is 39.5 Å². The van der Waals surface area contributed by atoms with Crippen molar-refractivity contribution in [2.75, 3.05) is 0 Å². The number of aryl methyl sites for hydroxylation is 1. The summed E-state index contributed by atoms with van der Waals surface area (Å²) >= 11 is 0. The third-order valence-electron chi connectivity index (χ3n) is 4.83. The molecule has 192 valence electrons. The predicted octanol–water partition coefficient (Wildman–Crippen LogP) is 8.60. The molecule has 0 saturated carbocycles. The van der Waals surface area contributed by atoms with E-state index in [0.29, 0.717) is 29.8 Å². The molecule has 0 bridgehead atoms. The maximum atomic E-state index is 14.6. The van der Waals surface area contributed by atoms with Crippen LogP contribution in [-0.2, 0) is 12.5 Å². The van der Waals surface area contributed by atoms with Crippen LogP contribution in [0, 0.1) is 17.5 Å². The van der Waals surface area contributed by atoms with Gasteiger partial charge in [0.15, 0.2) is 11.6 Å². The van der Waals surface area contributed by atoms with Crippen LogP contribution >= 0.6 is 0 Å². The number of hydrogen-bond donors (Lipinski definition) is 0. The molecule has 0 heterocycles. The Balaban J connectivity index is 1.84. The molecule has 0 radical (unpaired) electrons. The Hall–Kier alpha value is -3.63. The zero-order valence-electron chi connectivity index (χ0n) is 18.4. The fourth-order valence-electron chi connectivity index (χ4n) is 3.30. The first-order valence-electron chi connectivity index (χ1n) is 10.4. The Bertz CT molecular complexity index is 1230. The molecule has 36 heavy (non-hydrogen) atoms. The van der Waals surface area contributed by atoms with E-state index in [1.165, 1.54) is 0 Å². The molecule has 0 unspecified atom stereocenters. The lowest BCUT2D eigenvalue weighted by Gasteiger charge is -2.21. The molecular weight excluding hydrogens is 503 g/mol. The van der Waals surface area contributed by atoms with Gasteiger partial charge in [0.05, 0.1) is 6.08 Å². The Morgan fingerprint density at radius 1 is 0.778 bits per heavy atom. The lowest BCUT2D eigenvalue weighted by Crippen LogP contribution is -2.25. The topological polar surface area (TPSA) is 18.5 Å². The van der Waals surface area contributed by atoms with Crippen LogP contribution in [0.4, 0.5) is 39.5 Å². The summed E-state index contributed by atoms with van der Waals surface area (Å²) < 4.78 is 131. The highest BCUT2D eigenvalue weighted by Crippen LogP contribution is 2.38. The van der Waals surface area contributed by atoms with E-state index >= 15 is 0 Å². The maximum absolute atomic E-state index is 14.6. The molecule has 0 aromatic heterocycles. The minimum atomic E-state index is -4.64. The number of benzene rings is 3. The number of ether oxygens (including phenoxy) is 2. The van der Waals surface area contributed by atoms with Gasteiger partial charge in [0.1, 0.15) is 22.9 Å². The molecule has 0 saturated heterocycles. The largest absolute Gasteiger partial charge is 0.432 e. The van der Waals surface area contributed by atoms with Crippen LogP contribution in [0.1, 0.15) is 24.5 Å². The van der Waals surface area contributed by atoms with Crippen molar-refractivity contribution in [3.8, 4) is 22.6 Å². The van der Waals surface area contributed by atoms with Crippen LogP contribution in [0.25, 0.3) is 11.1 Å². The van der Waals surface area contributed by atoms with E-state index in [2.05, 4.69) is 9.47 Å². The molecule has 3 aromatic carbocycles. The monoisotopic (exact) mass is 520 g/mol. The van der Waals surface area contributed by atoms with E-state index in [-0.39, 0.29) is 11.6 Å². The molecule has 0 aliphatic carbocycles. The van der Waals surface area contributed by atoms with E-state index in [4.69, 9.17) is 0 Å². The van der Waals surface area contributed by atoms with E-state index in [1.54, 1.807) is 24.3 Å². The molecule has 2 nitrogen and oxygen atoms in total. The van der Waals surface area contributed by atoms with Crippen LogP contribution in [0.3, 0.4) is 0 Å². The van der Waals surface area contributed by atoms with Crippen molar-refractivity contribution in [1.29, 1.82) is 0 Å². The molecule has 0 amide bonds. The van der Waals surface area contributed by atoms with E-state index < -0.39 is 58.9 Å². The molecule has 3 rings (SSSR count). The quantitative estimate of drug-likeness (QED) is 0.263. The van der Waals surface area contributed by atoms with Crippen molar-refractivity contribution in [3.63, 3.8) is 0 Å². The van der Waals surface area contributed by atoms with Gasteiger partial charge < -0.3 is 9.47 Å². The summed E-state index contributed by atoms with van der Waals surface area (Å²) in [6, 6.07) is 9.10. The summed E-state index contributed by atoms with van der Waals surface area (Å²) in [6.07, 6.45) is -11.3. The Kier molecular flexibility index (Phi) is 7.90. The number of halogens is 9. The van der Waals surface area contributed by atoms with Crippen LogP contribution in [0.5, 0.6) is 11.5 Å². The lowest BCUT2D eigenvalue weighted by molar-refractivity contribution is -0.189. The van der Waals surface area contributed by atoms with Crippen LogP contribution in [0.15, 0.2) is 66.8 Å². The fourth-order valence-corrected chi connectivity index (χ4v) is 3.30. The molecule has 11 heteroatoms. The highest BCUT2D eigenvalue weighted by atomic mass is 19.3. The minimum Gasteiger partial charge on any atom is -0.429 e. The van der Waals surface area contributed by atoms with Gasteiger partial charge in [-0.3, -0.25) is 0 Å². The summed E-state index contributed by atoms with van der Waals surface area (Å²) in [5.74, 6) is -7.24. The molecule has 0 fully saturated rings. The molecule has 0 atom stereocenters. The molecule has 0 aliphatic rings. The molecule has 3 aromatic rings. The van der Waals surface area contributed by atoms with Gasteiger partial charge in [0, 0.05) is 6.07 Å². The molecule has 0 spiro atoms. The normalized spacial score (nSPS) is 11.8. The SMILES string of the molecule is CCCc1ccc(-c2cc(F)c(C(F)(F)Oc3ccc(OC(F)(F)C=C(F)F)c(F)c3)c(F)c2)cc1. The molecule has 0 N–H and O–H groups in total. The van der Waals surface area contributed by atoms with Crippen LogP contribution < -0.4 is 9.47 Å². The summed E-state index contributed by atoms with van der Waals surface area (Å²) in [4.78, 5) is 0. The number of alkyl halides is 4. The van der Waals surface area contributed by atoms with Crippen molar-refractivity contribution in [2.24, 2.45) is 0 Å². The zero-order valence-corrected chi connectivity index (χ0v) is 18.4. The van der Waals surface area contributed by atoms with Gasteiger partial charge in [-0.1, -0.05) is 37.6 Å². The second-order valence-electron chi connectivity index (χ2n) is 7.57. The fraction of sp³-hybridized carbons (Fsp3) is 0.200. The predicted molar refractivity (Wildman–Crippen MR) is 113 cm³/mol. The zero-order chi connectivity index (χ0) is 26.7. The first kappa shape index (κ1) is 27.0. The number of rotatable bonds is 9. The minimum absolute atomic E-state index is 0.0140. The molecule has 0 aliphatic heterocycles. The third-order valence-corrected chi connectivity index (χ3v) is 4.83. The van der Waals surface area contributed by atoms with Gasteiger partial charge in [0.25, 0.3) is 6.08 Å². The van der Waals surface area contributed by atoms with Gasteiger partial charge in [-0.05, 0) is 47.4 Å². The van der Waals surface area contributed by atoms with Gasteiger partial charge in [-0.25, -0.2) is 13.2 Å². The smallest absolute Gasteiger partial charge is 0.429 e. The summed E-state index contributed by atoms with van der Waals surface area (Å²) in [7, 11) is 0. The highest BCUT2D eigenvalue weighted by Gasteiger charge is 2.41. The summed E-state index contributed by atoms with van der Waals surface area (Å²) in [5, 5.41) is 0. The average Bonchev–Trinajstić information content (AvgIpc) is 2.74. The summed E-state index contributed by atoms with van der Waals surface area (Å²) in [6.45, 7) is 1.98. The van der Waals surface area contributed by atoms with Crippen molar-refractivity contribution in [3.05, 3.63) is 95.3 Å². The summed E-state index contributed by atoms with van der Waals surface area (Å²) in [5.41, 5.74) is -0.415. The third kappa shape index (κ3) is 6.52.